The molecule has 6 heteroatoms. The van der Waals surface area contributed by atoms with E-state index in [2.05, 4.69) is 0 Å². The monoisotopic (exact) mass is 280 g/mol. The highest BCUT2D eigenvalue weighted by Crippen LogP contribution is 2.58. The standard InChI is InChI=1S/C12H25O5P/c1-5-9-10(6-2)12(7-3,18(14,15)16)11(13)17-8-4/h10H,5-9H2,1-4H3,(H2,14,15,16). The third-order valence-electron chi connectivity index (χ3n) is 3.49. The molecule has 0 bridgehead atoms. The van der Waals surface area contributed by atoms with Crippen LogP contribution in [-0.4, -0.2) is 27.5 Å². The molecule has 0 aromatic heterocycles. The van der Waals surface area contributed by atoms with E-state index < -0.39 is 18.7 Å². The minimum Gasteiger partial charge on any atom is -0.465 e. The largest absolute Gasteiger partial charge is 0.465 e. The van der Waals surface area contributed by atoms with Gasteiger partial charge in [0.2, 0.25) is 0 Å². The van der Waals surface area contributed by atoms with Gasteiger partial charge < -0.3 is 14.5 Å². The van der Waals surface area contributed by atoms with Crippen molar-refractivity contribution >= 4 is 13.6 Å². The molecule has 0 radical (unpaired) electrons. The van der Waals surface area contributed by atoms with Gasteiger partial charge >= 0.3 is 13.6 Å². The molecule has 18 heavy (non-hydrogen) atoms. The lowest BCUT2D eigenvalue weighted by Gasteiger charge is -2.37. The molecular weight excluding hydrogens is 255 g/mol. The van der Waals surface area contributed by atoms with Crippen LogP contribution in [0, 0.1) is 5.92 Å². The van der Waals surface area contributed by atoms with Gasteiger partial charge in [0, 0.05) is 0 Å². The van der Waals surface area contributed by atoms with Gasteiger partial charge in [0.1, 0.15) is 0 Å². The van der Waals surface area contributed by atoms with Crippen molar-refractivity contribution in [1.82, 2.24) is 0 Å². The van der Waals surface area contributed by atoms with Gasteiger partial charge in [-0.25, -0.2) is 0 Å². The summed E-state index contributed by atoms with van der Waals surface area (Å²) in [4.78, 5) is 31.4. The molecule has 0 rings (SSSR count). The predicted octanol–water partition coefficient (Wildman–Crippen LogP) is 2.70. The number of rotatable bonds is 8. The zero-order valence-corrected chi connectivity index (χ0v) is 12.6. The second-order valence-electron chi connectivity index (χ2n) is 4.44. The van der Waals surface area contributed by atoms with Gasteiger partial charge in [-0.05, 0) is 25.7 Å². The Morgan fingerprint density at radius 3 is 2.11 bits per heavy atom. The first-order valence-corrected chi connectivity index (χ1v) is 8.15. The lowest BCUT2D eigenvalue weighted by molar-refractivity contribution is -0.149. The van der Waals surface area contributed by atoms with Gasteiger partial charge in [-0.3, -0.25) is 9.36 Å². The zero-order valence-electron chi connectivity index (χ0n) is 11.7. The molecule has 0 saturated carbocycles. The Morgan fingerprint density at radius 2 is 1.83 bits per heavy atom. The minimum absolute atomic E-state index is 0.0919. The first-order valence-electron chi connectivity index (χ1n) is 6.54. The van der Waals surface area contributed by atoms with Crippen molar-refractivity contribution in [2.75, 3.05) is 6.61 Å². The van der Waals surface area contributed by atoms with Gasteiger partial charge in [-0.15, -0.1) is 0 Å². The molecule has 108 valence electrons. The van der Waals surface area contributed by atoms with Gasteiger partial charge in [-0.1, -0.05) is 33.6 Å². The van der Waals surface area contributed by atoms with Crippen molar-refractivity contribution < 1.29 is 23.9 Å². The normalized spacial score (nSPS) is 17.0. The Bertz CT molecular complexity index is 312. The Labute approximate surface area is 109 Å². The molecule has 0 heterocycles. The van der Waals surface area contributed by atoms with Crippen molar-refractivity contribution in [3.63, 3.8) is 0 Å². The summed E-state index contributed by atoms with van der Waals surface area (Å²) in [6.07, 6.45) is 2.02. The van der Waals surface area contributed by atoms with Crippen molar-refractivity contribution in [1.29, 1.82) is 0 Å². The summed E-state index contributed by atoms with van der Waals surface area (Å²) < 4.78 is 16.8. The molecule has 0 aliphatic rings. The third kappa shape index (κ3) is 3.34. The highest BCUT2D eigenvalue weighted by atomic mass is 31.2. The number of hydrogen-bond donors (Lipinski definition) is 2. The minimum atomic E-state index is -4.57. The summed E-state index contributed by atoms with van der Waals surface area (Å²) in [6, 6.07) is 0. The Morgan fingerprint density at radius 1 is 1.28 bits per heavy atom. The molecule has 5 nitrogen and oxygen atoms in total. The molecule has 0 amide bonds. The number of ether oxygens (including phenoxy) is 1. The smallest absolute Gasteiger partial charge is 0.343 e. The molecule has 0 spiro atoms. The van der Waals surface area contributed by atoms with E-state index in [4.69, 9.17) is 4.74 Å². The lowest BCUT2D eigenvalue weighted by Crippen LogP contribution is -2.46. The predicted molar refractivity (Wildman–Crippen MR) is 70.4 cm³/mol. The highest BCUT2D eigenvalue weighted by molar-refractivity contribution is 7.54. The lowest BCUT2D eigenvalue weighted by atomic mass is 9.83. The second-order valence-corrected chi connectivity index (χ2v) is 6.32. The molecule has 0 fully saturated rings. The van der Waals surface area contributed by atoms with Gasteiger partial charge in [0.05, 0.1) is 6.61 Å². The number of carbonyl (C=O) groups excluding carboxylic acids is 1. The van der Waals surface area contributed by atoms with Crippen molar-refractivity contribution in [2.45, 2.75) is 58.5 Å². The third-order valence-corrected chi connectivity index (χ3v) is 5.40. The van der Waals surface area contributed by atoms with Crippen LogP contribution in [-0.2, 0) is 14.1 Å². The van der Waals surface area contributed by atoms with Crippen LogP contribution in [0.2, 0.25) is 0 Å². The molecule has 2 N–H and O–H groups in total. The molecule has 0 aliphatic heterocycles. The van der Waals surface area contributed by atoms with Crippen LogP contribution in [0.4, 0.5) is 0 Å². The summed E-state index contributed by atoms with van der Waals surface area (Å²) in [5, 5.41) is -1.69. The van der Waals surface area contributed by atoms with E-state index in [1.807, 2.05) is 13.8 Å². The first kappa shape index (κ1) is 17.6. The summed E-state index contributed by atoms with van der Waals surface area (Å²) in [5.41, 5.74) is 0. The number of carbonyl (C=O) groups is 1. The number of esters is 1. The molecule has 0 aromatic carbocycles. The average molecular weight is 280 g/mol. The fraction of sp³-hybridized carbons (Fsp3) is 0.917. The second kappa shape index (κ2) is 7.27. The van der Waals surface area contributed by atoms with Crippen LogP contribution >= 0.6 is 7.60 Å². The maximum absolute atomic E-state index is 12.1. The Balaban J connectivity index is 5.63. The summed E-state index contributed by atoms with van der Waals surface area (Å²) in [5.74, 6) is -1.12. The molecule has 0 saturated heterocycles. The highest BCUT2D eigenvalue weighted by Gasteiger charge is 2.57. The van der Waals surface area contributed by atoms with Gasteiger partial charge in [0.25, 0.3) is 0 Å². The van der Waals surface area contributed by atoms with E-state index in [0.29, 0.717) is 12.8 Å². The van der Waals surface area contributed by atoms with Crippen molar-refractivity contribution in [3.8, 4) is 0 Å². The molecule has 2 unspecified atom stereocenters. The van der Waals surface area contributed by atoms with Crippen molar-refractivity contribution in [3.05, 3.63) is 0 Å². The fourth-order valence-electron chi connectivity index (χ4n) is 2.55. The van der Waals surface area contributed by atoms with E-state index >= 15 is 0 Å². The number of hydrogen-bond acceptors (Lipinski definition) is 3. The SMILES string of the molecule is CCCC(CC)C(CC)(C(=O)OCC)P(=O)(O)O. The summed E-state index contributed by atoms with van der Waals surface area (Å²) in [6.45, 7) is 7.18. The summed E-state index contributed by atoms with van der Waals surface area (Å²) >= 11 is 0. The van der Waals surface area contributed by atoms with E-state index in [9.17, 15) is 19.1 Å². The van der Waals surface area contributed by atoms with Crippen molar-refractivity contribution in [2.24, 2.45) is 5.92 Å². The molecular formula is C12H25O5P. The Hall–Kier alpha value is -0.380. The van der Waals surface area contributed by atoms with Crippen LogP contribution in [0.3, 0.4) is 0 Å². The van der Waals surface area contributed by atoms with Crippen LogP contribution in [0.1, 0.15) is 53.4 Å². The summed E-state index contributed by atoms with van der Waals surface area (Å²) in [7, 11) is -4.57. The van der Waals surface area contributed by atoms with E-state index in [0.717, 1.165) is 6.42 Å². The van der Waals surface area contributed by atoms with Crippen LogP contribution < -0.4 is 0 Å². The van der Waals surface area contributed by atoms with E-state index in [1.165, 1.54) is 0 Å². The van der Waals surface area contributed by atoms with Crippen LogP contribution in [0.25, 0.3) is 0 Å². The average Bonchev–Trinajstić information content (AvgIpc) is 2.27. The van der Waals surface area contributed by atoms with Crippen LogP contribution in [0.15, 0.2) is 0 Å². The van der Waals surface area contributed by atoms with E-state index in [-0.39, 0.29) is 18.9 Å². The van der Waals surface area contributed by atoms with Gasteiger partial charge in [0.15, 0.2) is 5.16 Å². The zero-order chi connectivity index (χ0) is 14.4. The maximum Gasteiger partial charge on any atom is 0.343 e. The first-order chi connectivity index (χ1) is 8.31. The topological polar surface area (TPSA) is 83.8 Å². The van der Waals surface area contributed by atoms with E-state index in [1.54, 1.807) is 13.8 Å². The molecule has 0 aromatic rings. The quantitative estimate of drug-likeness (QED) is 0.527. The molecule has 2 atom stereocenters. The Kier molecular flexibility index (Phi) is 7.11. The van der Waals surface area contributed by atoms with Gasteiger partial charge in [-0.2, -0.15) is 0 Å². The van der Waals surface area contributed by atoms with Crippen LogP contribution in [0.5, 0.6) is 0 Å². The maximum atomic E-state index is 12.1. The fourth-order valence-corrected chi connectivity index (χ4v) is 4.05. The molecule has 0 aliphatic carbocycles.